The molecule has 2 aliphatic heterocycles. The van der Waals surface area contributed by atoms with Gasteiger partial charge in [-0.25, -0.2) is 8.42 Å². The summed E-state index contributed by atoms with van der Waals surface area (Å²) >= 11 is 0. The van der Waals surface area contributed by atoms with Crippen molar-refractivity contribution in [2.45, 2.75) is 38.3 Å². The minimum atomic E-state index is -4.14. The second-order valence-corrected chi connectivity index (χ2v) is 11.1. The number of likely N-dealkylation sites (tertiary alicyclic amines) is 1. The topological polar surface area (TPSA) is 161 Å². The Hall–Kier alpha value is -3.28. The third-order valence-corrected chi connectivity index (χ3v) is 8.23. The molecular formula is C26H33Cl2N5O5S. The molecule has 1 fully saturated rings. The van der Waals surface area contributed by atoms with Gasteiger partial charge in [-0.05, 0) is 48.7 Å². The number of hydrogen-bond acceptors (Lipinski definition) is 6. The highest BCUT2D eigenvalue weighted by Gasteiger charge is 2.37. The Bertz CT molecular complexity index is 1360. The lowest BCUT2D eigenvalue weighted by molar-refractivity contribution is -0.134. The predicted molar refractivity (Wildman–Crippen MR) is 157 cm³/mol. The van der Waals surface area contributed by atoms with Crippen LogP contribution in [0.5, 0.6) is 5.75 Å². The molecule has 0 amide bonds. The second kappa shape index (κ2) is 13.2. The van der Waals surface area contributed by atoms with Crippen molar-refractivity contribution in [1.82, 2.24) is 4.90 Å². The molecule has 212 valence electrons. The molecule has 0 aromatic heterocycles. The molecule has 13 heteroatoms. The van der Waals surface area contributed by atoms with E-state index in [9.17, 15) is 18.3 Å². The molecule has 0 saturated carbocycles. The summed E-state index contributed by atoms with van der Waals surface area (Å²) in [5, 5.41) is 24.6. The standard InChI is InChI=1S/C26H31N5O5S.2ClH/c1-17(27)30-11-9-22(10-12-30)36-23-7-8-24-20(15-23)14-21(31(24)37(34,35)16-25(32)33)6-5-18-3-2-4-19(13-18)26(28)29;;/h2-8,13,15,21-22,27H,9-12,14,16H2,1H3,(H3,28,29)(H,32,33);2*1H/b6-5+,27-17?;;/t21-;;/m0../s1. The van der Waals surface area contributed by atoms with E-state index in [1.807, 2.05) is 17.0 Å². The van der Waals surface area contributed by atoms with Gasteiger partial charge < -0.3 is 20.5 Å². The maximum Gasteiger partial charge on any atom is 0.320 e. The van der Waals surface area contributed by atoms with Gasteiger partial charge in [0.15, 0.2) is 5.75 Å². The number of rotatable bonds is 8. The summed E-state index contributed by atoms with van der Waals surface area (Å²) in [6, 6.07) is 11.6. The lowest BCUT2D eigenvalue weighted by Crippen LogP contribution is -2.40. The van der Waals surface area contributed by atoms with E-state index in [2.05, 4.69) is 0 Å². The number of nitrogen functional groups attached to an aromatic ring is 1. The van der Waals surface area contributed by atoms with Crippen LogP contribution in [0.3, 0.4) is 0 Å². The van der Waals surface area contributed by atoms with Crippen molar-refractivity contribution in [3.05, 3.63) is 65.2 Å². The predicted octanol–water partition coefficient (Wildman–Crippen LogP) is 3.51. The monoisotopic (exact) mass is 597 g/mol. The molecule has 2 heterocycles. The largest absolute Gasteiger partial charge is 0.490 e. The Morgan fingerprint density at radius 1 is 1.15 bits per heavy atom. The van der Waals surface area contributed by atoms with Crippen LogP contribution in [0, 0.1) is 10.8 Å². The van der Waals surface area contributed by atoms with Crippen LogP contribution in [0.1, 0.15) is 36.5 Å². The number of piperidine rings is 1. The van der Waals surface area contributed by atoms with Crippen LogP contribution < -0.4 is 14.8 Å². The number of halogens is 2. The smallest absolute Gasteiger partial charge is 0.320 e. The number of amidine groups is 2. The number of anilines is 1. The van der Waals surface area contributed by atoms with Gasteiger partial charge in [0.2, 0.25) is 10.0 Å². The van der Waals surface area contributed by atoms with Gasteiger partial charge in [-0.15, -0.1) is 24.8 Å². The zero-order valence-electron chi connectivity index (χ0n) is 21.4. The molecule has 2 aromatic carbocycles. The number of nitrogens with one attached hydrogen (secondary N) is 2. The van der Waals surface area contributed by atoms with Gasteiger partial charge in [-0.2, -0.15) is 0 Å². The van der Waals surface area contributed by atoms with Gasteiger partial charge in [0.05, 0.1) is 17.6 Å². The summed E-state index contributed by atoms with van der Waals surface area (Å²) in [5.74, 6) is -1.32. The SMILES string of the molecule is CC(=N)N1CCC(Oc2ccc3c(c2)C[C@H](/C=C/c2cccc(C(=N)N)c2)N3S(=O)(=O)CC(=O)O)CC1.Cl.Cl. The molecular weight excluding hydrogens is 565 g/mol. The summed E-state index contributed by atoms with van der Waals surface area (Å²) in [7, 11) is -4.14. The fourth-order valence-electron chi connectivity index (χ4n) is 4.76. The average Bonchev–Trinajstić information content (AvgIpc) is 3.21. The number of benzene rings is 2. The summed E-state index contributed by atoms with van der Waals surface area (Å²) in [6.45, 7) is 3.28. The molecule has 1 saturated heterocycles. The lowest BCUT2D eigenvalue weighted by Gasteiger charge is -2.32. The van der Waals surface area contributed by atoms with Crippen molar-refractivity contribution in [2.75, 3.05) is 23.1 Å². The molecule has 5 N–H and O–H groups in total. The van der Waals surface area contributed by atoms with Crippen LogP contribution in [0.4, 0.5) is 5.69 Å². The number of sulfonamides is 1. The fraction of sp³-hybridized carbons (Fsp3) is 0.346. The van der Waals surface area contributed by atoms with Gasteiger partial charge in [0, 0.05) is 31.5 Å². The second-order valence-electron chi connectivity index (χ2n) is 9.30. The number of nitrogens with zero attached hydrogens (tertiary/aromatic N) is 2. The number of aliphatic carboxylic acids is 1. The van der Waals surface area contributed by atoms with Crippen molar-refractivity contribution in [3.63, 3.8) is 0 Å². The van der Waals surface area contributed by atoms with Crippen molar-refractivity contribution < 1.29 is 23.1 Å². The highest BCUT2D eigenvalue weighted by Crippen LogP contribution is 2.38. The van der Waals surface area contributed by atoms with Crippen molar-refractivity contribution in [1.29, 1.82) is 10.8 Å². The normalized spacial score (nSPS) is 17.2. The summed E-state index contributed by atoms with van der Waals surface area (Å²) < 4.78 is 33.5. The first-order chi connectivity index (χ1) is 17.5. The number of carboxylic acid groups (broad SMARTS) is 1. The fourth-order valence-corrected chi connectivity index (χ4v) is 6.25. The number of hydrogen-bond donors (Lipinski definition) is 4. The van der Waals surface area contributed by atoms with E-state index in [4.69, 9.17) is 21.3 Å². The maximum absolute atomic E-state index is 13.1. The third kappa shape index (κ3) is 7.65. The molecule has 0 unspecified atom stereocenters. The average molecular weight is 599 g/mol. The maximum atomic E-state index is 13.1. The number of carbonyl (C=O) groups is 1. The molecule has 0 radical (unpaired) electrons. The van der Waals surface area contributed by atoms with E-state index in [0.717, 1.165) is 37.1 Å². The number of carboxylic acids is 1. The van der Waals surface area contributed by atoms with Gasteiger partial charge >= 0.3 is 5.97 Å². The third-order valence-electron chi connectivity index (χ3n) is 6.55. The first-order valence-electron chi connectivity index (χ1n) is 12.0. The summed E-state index contributed by atoms with van der Waals surface area (Å²) in [5.41, 5.74) is 8.07. The van der Waals surface area contributed by atoms with Crippen LogP contribution in [0.25, 0.3) is 6.08 Å². The highest BCUT2D eigenvalue weighted by atomic mass is 35.5. The van der Waals surface area contributed by atoms with E-state index in [-0.39, 0.29) is 36.8 Å². The first-order valence-corrected chi connectivity index (χ1v) is 13.6. The van der Waals surface area contributed by atoms with Gasteiger partial charge in [0.1, 0.15) is 17.7 Å². The van der Waals surface area contributed by atoms with Crippen LogP contribution in [-0.4, -0.2) is 67.1 Å². The lowest BCUT2D eigenvalue weighted by atomic mass is 10.1. The minimum Gasteiger partial charge on any atom is -0.490 e. The van der Waals surface area contributed by atoms with Crippen LogP contribution in [0.2, 0.25) is 0 Å². The van der Waals surface area contributed by atoms with Gasteiger partial charge in [0.25, 0.3) is 0 Å². The molecule has 0 bridgehead atoms. The molecule has 1 atom stereocenters. The zero-order valence-corrected chi connectivity index (χ0v) is 23.8. The number of nitrogens with two attached hydrogens (primary N) is 1. The number of ether oxygens (including phenoxy) is 1. The van der Waals surface area contributed by atoms with E-state index in [1.54, 1.807) is 49.4 Å². The first kappa shape index (κ1) is 31.9. The Kier molecular flexibility index (Phi) is 10.8. The molecule has 2 aromatic rings. The van der Waals surface area contributed by atoms with Crippen LogP contribution in [-0.2, 0) is 21.2 Å². The Morgan fingerprint density at radius 2 is 1.85 bits per heavy atom. The van der Waals surface area contributed by atoms with E-state index in [0.29, 0.717) is 29.3 Å². The Labute approximate surface area is 240 Å². The van der Waals surface area contributed by atoms with Crippen molar-refractivity contribution >= 4 is 64.2 Å². The molecule has 0 spiro atoms. The quantitative estimate of drug-likeness (QED) is 0.267. The van der Waals surface area contributed by atoms with Gasteiger partial charge in [-0.3, -0.25) is 19.9 Å². The molecule has 10 nitrogen and oxygen atoms in total. The minimum absolute atomic E-state index is 0. The van der Waals surface area contributed by atoms with Gasteiger partial charge in [-0.1, -0.05) is 30.4 Å². The molecule has 0 aliphatic carbocycles. The molecule has 4 rings (SSSR count). The van der Waals surface area contributed by atoms with E-state index in [1.165, 1.54) is 4.31 Å². The summed E-state index contributed by atoms with van der Waals surface area (Å²) in [4.78, 5) is 13.3. The molecule has 2 aliphatic rings. The van der Waals surface area contributed by atoms with Crippen molar-refractivity contribution in [3.8, 4) is 5.75 Å². The van der Waals surface area contributed by atoms with E-state index < -0.39 is 27.8 Å². The summed E-state index contributed by atoms with van der Waals surface area (Å²) in [6.07, 6.45) is 5.43. The van der Waals surface area contributed by atoms with Crippen LogP contribution in [0.15, 0.2) is 48.5 Å². The Balaban J connectivity index is 0.00000267. The van der Waals surface area contributed by atoms with E-state index >= 15 is 0 Å². The highest BCUT2D eigenvalue weighted by molar-refractivity contribution is 7.93. The molecule has 39 heavy (non-hydrogen) atoms. The van der Waals surface area contributed by atoms with Crippen LogP contribution >= 0.6 is 24.8 Å². The Morgan fingerprint density at radius 3 is 2.46 bits per heavy atom. The zero-order chi connectivity index (χ0) is 26.7. The van der Waals surface area contributed by atoms with Crippen molar-refractivity contribution in [2.24, 2.45) is 5.73 Å². The number of fused-ring (bicyclic) bond motifs is 1.